The van der Waals surface area contributed by atoms with Gasteiger partial charge in [-0.25, -0.2) is 0 Å². The van der Waals surface area contributed by atoms with Crippen LogP contribution >= 0.6 is 0 Å². The van der Waals surface area contributed by atoms with Crippen LogP contribution in [0.3, 0.4) is 0 Å². The molecule has 2 aliphatic rings. The molecule has 2 unspecified atom stereocenters. The Morgan fingerprint density at radius 2 is 1.57 bits per heavy atom. The molecule has 4 rings (SSSR count). The molecule has 2 fully saturated rings. The second kappa shape index (κ2) is 9.85. The van der Waals surface area contributed by atoms with Crippen molar-refractivity contribution >= 4 is 5.97 Å². The van der Waals surface area contributed by atoms with E-state index in [1.165, 1.54) is 0 Å². The van der Waals surface area contributed by atoms with Crippen molar-refractivity contribution in [1.82, 2.24) is 0 Å². The number of hydrogen-bond donors (Lipinski definition) is 1. The highest BCUT2D eigenvalue weighted by atomic mass is 16.5. The van der Waals surface area contributed by atoms with Crippen molar-refractivity contribution in [3.8, 4) is 28.7 Å². The first-order chi connectivity index (χ1) is 16.8. The fourth-order valence-electron chi connectivity index (χ4n) is 5.53. The molecule has 8 heteroatoms. The van der Waals surface area contributed by atoms with Gasteiger partial charge in [-0.3, -0.25) is 4.79 Å². The summed E-state index contributed by atoms with van der Waals surface area (Å²) in [6, 6.07) is 9.70. The first kappa shape index (κ1) is 25.0. The molecule has 5 atom stereocenters. The van der Waals surface area contributed by atoms with Gasteiger partial charge in [-0.05, 0) is 72.9 Å². The summed E-state index contributed by atoms with van der Waals surface area (Å²) in [6.45, 7) is 2.35. The average molecular weight is 487 g/mol. The minimum Gasteiger partial charge on any atom is -0.493 e. The molecule has 1 aliphatic carbocycles. The Morgan fingerprint density at radius 1 is 0.943 bits per heavy atom. The lowest BCUT2D eigenvalue weighted by atomic mass is 9.78. The molecule has 35 heavy (non-hydrogen) atoms. The molecule has 0 radical (unpaired) electrons. The van der Waals surface area contributed by atoms with Crippen LogP contribution in [-0.4, -0.2) is 53.2 Å². The van der Waals surface area contributed by atoms with Crippen molar-refractivity contribution in [2.75, 3.05) is 42.2 Å². The summed E-state index contributed by atoms with van der Waals surface area (Å²) in [5, 5.41) is 9.91. The van der Waals surface area contributed by atoms with Crippen LogP contribution in [0.1, 0.15) is 30.6 Å². The van der Waals surface area contributed by atoms with Crippen LogP contribution in [0, 0.1) is 23.2 Å². The molecule has 1 saturated carbocycles. The maximum Gasteiger partial charge on any atom is 0.309 e. The summed E-state index contributed by atoms with van der Waals surface area (Å²) in [4.78, 5) is 12.1. The lowest BCUT2D eigenvalue weighted by Gasteiger charge is -2.26. The zero-order chi connectivity index (χ0) is 25.3. The number of ether oxygens (including phenoxy) is 6. The van der Waals surface area contributed by atoms with E-state index in [-0.39, 0.29) is 23.9 Å². The van der Waals surface area contributed by atoms with Crippen molar-refractivity contribution in [2.45, 2.75) is 25.9 Å². The number of carbonyl (C=O) groups is 1. The van der Waals surface area contributed by atoms with Gasteiger partial charge in [0, 0.05) is 0 Å². The van der Waals surface area contributed by atoms with Crippen LogP contribution in [-0.2, 0) is 16.0 Å². The standard InChI is InChI=1S/C27H34O8/c1-27(26(28)29)13-18(27)23-17(9-15-7-8-19(30-2)20(10-15)31-3)14-35-24(23)16-11-21(32-4)25(34-6)22(12-16)33-5/h7-8,10-12,17-18,23-24H,9,13-14H2,1-6H3,(H,28,29)/t17-,18?,23-,24+,27?/m0/s1. The lowest BCUT2D eigenvalue weighted by Crippen LogP contribution is -2.25. The second-order valence-electron chi connectivity index (χ2n) is 9.48. The smallest absolute Gasteiger partial charge is 0.309 e. The SMILES string of the molecule is COc1ccc(C[C@H]2CO[C@H](c3cc(OC)c(OC)c(OC)c3)[C@@H]2C2CC2(C)C(=O)O)cc1OC. The Labute approximate surface area is 206 Å². The predicted molar refractivity (Wildman–Crippen MR) is 129 cm³/mol. The van der Waals surface area contributed by atoms with Crippen molar-refractivity contribution in [2.24, 2.45) is 23.2 Å². The van der Waals surface area contributed by atoms with Gasteiger partial charge in [-0.15, -0.1) is 0 Å². The number of benzene rings is 2. The minimum absolute atomic E-state index is 0.00302. The maximum absolute atomic E-state index is 12.1. The van der Waals surface area contributed by atoms with Gasteiger partial charge in [-0.1, -0.05) is 6.07 Å². The van der Waals surface area contributed by atoms with E-state index in [9.17, 15) is 9.90 Å². The Morgan fingerprint density at radius 3 is 2.09 bits per heavy atom. The van der Waals surface area contributed by atoms with Gasteiger partial charge in [-0.2, -0.15) is 0 Å². The molecule has 1 heterocycles. The highest BCUT2D eigenvalue weighted by Crippen LogP contribution is 2.63. The van der Waals surface area contributed by atoms with Crippen molar-refractivity contribution in [1.29, 1.82) is 0 Å². The van der Waals surface area contributed by atoms with Gasteiger partial charge in [0.15, 0.2) is 23.0 Å². The molecule has 2 aromatic rings. The van der Waals surface area contributed by atoms with E-state index in [0.29, 0.717) is 41.8 Å². The quantitative estimate of drug-likeness (QED) is 0.529. The monoisotopic (exact) mass is 486 g/mol. The fraction of sp³-hybridized carbons (Fsp3) is 0.519. The number of rotatable bonds is 10. The van der Waals surface area contributed by atoms with Crippen molar-refractivity contribution in [3.63, 3.8) is 0 Å². The van der Waals surface area contributed by atoms with Gasteiger partial charge in [0.2, 0.25) is 5.75 Å². The first-order valence-electron chi connectivity index (χ1n) is 11.7. The number of aliphatic carboxylic acids is 1. The number of carboxylic acid groups (broad SMARTS) is 1. The third-order valence-corrected chi connectivity index (χ3v) is 7.60. The van der Waals surface area contributed by atoms with Crippen LogP contribution in [0.2, 0.25) is 0 Å². The van der Waals surface area contributed by atoms with Crippen molar-refractivity contribution < 1.29 is 38.3 Å². The highest BCUT2D eigenvalue weighted by Gasteiger charge is 2.63. The Balaban J connectivity index is 1.70. The molecule has 1 aliphatic heterocycles. The summed E-state index contributed by atoms with van der Waals surface area (Å²) in [6.07, 6.45) is 1.07. The van der Waals surface area contributed by atoms with Crippen LogP contribution in [0.15, 0.2) is 30.3 Å². The lowest BCUT2D eigenvalue weighted by molar-refractivity contribution is -0.143. The van der Waals surface area contributed by atoms with Gasteiger partial charge >= 0.3 is 5.97 Å². The van der Waals surface area contributed by atoms with E-state index in [2.05, 4.69) is 0 Å². The zero-order valence-corrected chi connectivity index (χ0v) is 21.1. The zero-order valence-electron chi connectivity index (χ0n) is 21.1. The number of hydrogen-bond acceptors (Lipinski definition) is 7. The molecule has 190 valence electrons. The Kier molecular flexibility index (Phi) is 7.03. The average Bonchev–Trinajstić information content (AvgIpc) is 3.40. The third kappa shape index (κ3) is 4.47. The van der Waals surface area contributed by atoms with Gasteiger partial charge < -0.3 is 33.5 Å². The van der Waals surface area contributed by atoms with E-state index < -0.39 is 11.4 Å². The highest BCUT2D eigenvalue weighted by molar-refractivity contribution is 5.78. The molecule has 2 aromatic carbocycles. The molecular weight excluding hydrogens is 452 g/mol. The van der Waals surface area contributed by atoms with Gasteiger partial charge in [0.25, 0.3) is 0 Å². The molecule has 0 bridgehead atoms. The largest absolute Gasteiger partial charge is 0.493 e. The van der Waals surface area contributed by atoms with Gasteiger partial charge in [0.1, 0.15) is 0 Å². The summed E-state index contributed by atoms with van der Waals surface area (Å²) >= 11 is 0. The van der Waals surface area contributed by atoms with E-state index in [4.69, 9.17) is 28.4 Å². The summed E-state index contributed by atoms with van der Waals surface area (Å²) in [5.41, 5.74) is 1.22. The molecule has 0 amide bonds. The molecular formula is C27H34O8. The van der Waals surface area contributed by atoms with E-state index in [1.807, 2.05) is 37.3 Å². The Hall–Kier alpha value is -3.13. The van der Waals surface area contributed by atoms with Crippen LogP contribution < -0.4 is 23.7 Å². The van der Waals surface area contributed by atoms with Crippen molar-refractivity contribution in [3.05, 3.63) is 41.5 Å². The molecule has 1 N–H and O–H groups in total. The minimum atomic E-state index is -0.761. The third-order valence-electron chi connectivity index (χ3n) is 7.60. The normalized spacial score (nSPS) is 27.3. The van der Waals surface area contributed by atoms with Crippen LogP contribution in [0.25, 0.3) is 0 Å². The summed E-state index contributed by atoms with van der Waals surface area (Å²) in [7, 11) is 7.95. The number of methoxy groups -OCH3 is 5. The van der Waals surface area contributed by atoms with E-state index in [0.717, 1.165) is 17.5 Å². The molecule has 0 aromatic heterocycles. The molecule has 0 spiro atoms. The van der Waals surface area contributed by atoms with Crippen LogP contribution in [0.4, 0.5) is 0 Å². The second-order valence-corrected chi connectivity index (χ2v) is 9.48. The van der Waals surface area contributed by atoms with Crippen LogP contribution in [0.5, 0.6) is 28.7 Å². The molecule has 8 nitrogen and oxygen atoms in total. The first-order valence-corrected chi connectivity index (χ1v) is 11.7. The molecule has 1 saturated heterocycles. The fourth-order valence-corrected chi connectivity index (χ4v) is 5.53. The van der Waals surface area contributed by atoms with Gasteiger partial charge in [0.05, 0.1) is 53.7 Å². The topological polar surface area (TPSA) is 92.7 Å². The summed E-state index contributed by atoms with van der Waals surface area (Å²) < 4.78 is 33.8. The van der Waals surface area contributed by atoms with E-state index in [1.54, 1.807) is 35.5 Å². The summed E-state index contributed by atoms with van der Waals surface area (Å²) in [5.74, 6) is 2.32. The van der Waals surface area contributed by atoms with E-state index >= 15 is 0 Å². The number of carboxylic acids is 1. The maximum atomic E-state index is 12.1. The Bertz CT molecular complexity index is 1060. The predicted octanol–water partition coefficient (Wildman–Crippen LogP) is 4.39.